The van der Waals surface area contributed by atoms with E-state index in [4.69, 9.17) is 0 Å². The Balaban J connectivity index is 1.95. The lowest BCUT2D eigenvalue weighted by Gasteiger charge is -2.22. The lowest BCUT2D eigenvalue weighted by Crippen LogP contribution is -2.40. The number of aryl methyl sites for hydroxylation is 1. The molecule has 1 aliphatic rings. The van der Waals surface area contributed by atoms with Gasteiger partial charge in [-0.3, -0.25) is 5.01 Å². The van der Waals surface area contributed by atoms with Gasteiger partial charge in [-0.1, -0.05) is 22.9 Å². The zero-order valence-electron chi connectivity index (χ0n) is 8.98. The van der Waals surface area contributed by atoms with E-state index in [9.17, 15) is 0 Å². The Morgan fingerprint density at radius 1 is 1.13 bits per heavy atom. The third-order valence-electron chi connectivity index (χ3n) is 2.41. The van der Waals surface area contributed by atoms with Gasteiger partial charge in [-0.2, -0.15) is 0 Å². The highest BCUT2D eigenvalue weighted by molar-refractivity contribution is 5.37. The minimum atomic E-state index is 0.916. The lowest BCUT2D eigenvalue weighted by atomic mass is 10.2. The SMILES string of the molecule is Cc1ccc(/N=N/N2CCNCC2)cc1. The van der Waals surface area contributed by atoms with Crippen molar-refractivity contribution in [2.75, 3.05) is 26.2 Å². The molecular formula is C11H16N4. The monoisotopic (exact) mass is 204 g/mol. The molecule has 15 heavy (non-hydrogen) atoms. The highest BCUT2D eigenvalue weighted by atomic mass is 15.5. The zero-order valence-corrected chi connectivity index (χ0v) is 8.98. The average Bonchev–Trinajstić information content (AvgIpc) is 2.30. The summed E-state index contributed by atoms with van der Waals surface area (Å²) in [7, 11) is 0. The number of nitrogens with zero attached hydrogens (tertiary/aromatic N) is 3. The molecule has 0 unspecified atom stereocenters. The van der Waals surface area contributed by atoms with Gasteiger partial charge in [-0.05, 0) is 19.1 Å². The number of hydrogen-bond acceptors (Lipinski definition) is 3. The molecule has 0 spiro atoms. The van der Waals surface area contributed by atoms with Crippen LogP contribution in [-0.4, -0.2) is 31.2 Å². The Kier molecular flexibility index (Phi) is 3.29. The van der Waals surface area contributed by atoms with Gasteiger partial charge in [0.2, 0.25) is 0 Å². The van der Waals surface area contributed by atoms with Crippen LogP contribution >= 0.6 is 0 Å². The predicted molar refractivity (Wildman–Crippen MR) is 60.1 cm³/mol. The van der Waals surface area contributed by atoms with Crippen LogP contribution < -0.4 is 5.32 Å². The summed E-state index contributed by atoms with van der Waals surface area (Å²) in [5, 5.41) is 13.7. The molecule has 1 saturated heterocycles. The highest BCUT2D eigenvalue weighted by Gasteiger charge is 2.05. The van der Waals surface area contributed by atoms with Gasteiger partial charge in [-0.15, -0.1) is 5.11 Å². The van der Waals surface area contributed by atoms with Crippen molar-refractivity contribution >= 4 is 5.69 Å². The third-order valence-corrected chi connectivity index (χ3v) is 2.41. The molecular weight excluding hydrogens is 188 g/mol. The standard InChI is InChI=1S/C11H16N4/c1-10-2-4-11(5-3-10)13-14-15-8-6-12-7-9-15/h2-5,12H,6-9H2,1H3/b14-13+. The third kappa shape index (κ3) is 3.02. The fourth-order valence-electron chi connectivity index (χ4n) is 1.47. The number of hydrogen-bond donors (Lipinski definition) is 1. The molecule has 1 aromatic rings. The second-order valence-corrected chi connectivity index (χ2v) is 3.73. The van der Waals surface area contributed by atoms with Gasteiger partial charge in [0.1, 0.15) is 0 Å². The molecule has 0 amide bonds. The van der Waals surface area contributed by atoms with Crippen molar-refractivity contribution in [1.29, 1.82) is 0 Å². The first-order chi connectivity index (χ1) is 7.34. The molecule has 1 aliphatic heterocycles. The first kappa shape index (κ1) is 10.1. The summed E-state index contributed by atoms with van der Waals surface area (Å²) in [6.07, 6.45) is 0. The Morgan fingerprint density at radius 2 is 1.80 bits per heavy atom. The van der Waals surface area contributed by atoms with Crippen molar-refractivity contribution in [2.24, 2.45) is 10.3 Å². The average molecular weight is 204 g/mol. The molecule has 0 aliphatic carbocycles. The van der Waals surface area contributed by atoms with Crippen molar-refractivity contribution in [2.45, 2.75) is 6.92 Å². The summed E-state index contributed by atoms with van der Waals surface area (Å²) in [4.78, 5) is 0. The molecule has 0 radical (unpaired) electrons. The van der Waals surface area contributed by atoms with Crippen LogP contribution in [0.15, 0.2) is 34.6 Å². The van der Waals surface area contributed by atoms with E-state index in [2.05, 4.69) is 22.6 Å². The smallest absolute Gasteiger partial charge is 0.0874 e. The topological polar surface area (TPSA) is 40.0 Å². The van der Waals surface area contributed by atoms with Gasteiger partial charge in [0.25, 0.3) is 0 Å². The molecule has 1 N–H and O–H groups in total. The van der Waals surface area contributed by atoms with E-state index in [0.717, 1.165) is 31.9 Å². The van der Waals surface area contributed by atoms with Crippen LogP contribution in [0, 0.1) is 6.92 Å². The molecule has 80 valence electrons. The van der Waals surface area contributed by atoms with Crippen LogP contribution in [0.1, 0.15) is 5.56 Å². The number of piperazine rings is 1. The maximum absolute atomic E-state index is 4.20. The van der Waals surface area contributed by atoms with Crippen molar-refractivity contribution < 1.29 is 0 Å². The lowest BCUT2D eigenvalue weighted by molar-refractivity contribution is 0.237. The predicted octanol–water partition coefficient (Wildman–Crippen LogP) is 1.90. The summed E-state index contributed by atoms with van der Waals surface area (Å²) in [5.41, 5.74) is 2.16. The van der Waals surface area contributed by atoms with Crippen LogP contribution in [-0.2, 0) is 0 Å². The maximum atomic E-state index is 4.20. The van der Waals surface area contributed by atoms with E-state index in [1.807, 2.05) is 29.3 Å². The van der Waals surface area contributed by atoms with E-state index in [-0.39, 0.29) is 0 Å². The van der Waals surface area contributed by atoms with E-state index < -0.39 is 0 Å². The van der Waals surface area contributed by atoms with Gasteiger partial charge in [-0.25, -0.2) is 0 Å². The molecule has 4 nitrogen and oxygen atoms in total. The van der Waals surface area contributed by atoms with Gasteiger partial charge in [0, 0.05) is 13.1 Å². The van der Waals surface area contributed by atoms with Gasteiger partial charge in [0.15, 0.2) is 0 Å². The summed E-state index contributed by atoms with van der Waals surface area (Å²) in [6, 6.07) is 8.07. The van der Waals surface area contributed by atoms with Crippen molar-refractivity contribution in [1.82, 2.24) is 10.3 Å². The van der Waals surface area contributed by atoms with E-state index in [0.29, 0.717) is 0 Å². The molecule has 2 rings (SSSR count). The van der Waals surface area contributed by atoms with Crippen LogP contribution in [0.4, 0.5) is 5.69 Å². The van der Waals surface area contributed by atoms with Crippen LogP contribution in [0.25, 0.3) is 0 Å². The molecule has 0 aromatic heterocycles. The van der Waals surface area contributed by atoms with Crippen molar-refractivity contribution in [3.8, 4) is 0 Å². The molecule has 1 heterocycles. The molecule has 1 aromatic carbocycles. The molecule has 0 saturated carbocycles. The van der Waals surface area contributed by atoms with Crippen molar-refractivity contribution in [3.63, 3.8) is 0 Å². The van der Waals surface area contributed by atoms with Crippen LogP contribution in [0.3, 0.4) is 0 Å². The summed E-state index contributed by atoms with van der Waals surface area (Å²) in [6.45, 7) is 5.93. The fraction of sp³-hybridized carbons (Fsp3) is 0.455. The van der Waals surface area contributed by atoms with Gasteiger partial charge in [0.05, 0.1) is 18.8 Å². The molecule has 0 atom stereocenters. The Morgan fingerprint density at radius 3 is 2.47 bits per heavy atom. The fourth-order valence-corrected chi connectivity index (χ4v) is 1.47. The molecule has 1 fully saturated rings. The summed E-state index contributed by atoms with van der Waals surface area (Å²) < 4.78 is 0. The number of benzene rings is 1. The summed E-state index contributed by atoms with van der Waals surface area (Å²) >= 11 is 0. The minimum Gasteiger partial charge on any atom is -0.313 e. The van der Waals surface area contributed by atoms with Crippen molar-refractivity contribution in [3.05, 3.63) is 29.8 Å². The Hall–Kier alpha value is -1.42. The van der Waals surface area contributed by atoms with Gasteiger partial charge < -0.3 is 5.32 Å². The van der Waals surface area contributed by atoms with E-state index in [1.165, 1.54) is 5.56 Å². The first-order valence-electron chi connectivity index (χ1n) is 5.28. The largest absolute Gasteiger partial charge is 0.313 e. The van der Waals surface area contributed by atoms with Crippen LogP contribution in [0.5, 0.6) is 0 Å². The molecule has 0 bridgehead atoms. The number of rotatable bonds is 2. The normalized spacial score (nSPS) is 17.3. The Bertz CT molecular complexity index is 325. The van der Waals surface area contributed by atoms with E-state index >= 15 is 0 Å². The Labute approximate surface area is 90.0 Å². The second kappa shape index (κ2) is 4.89. The molecule has 4 heteroatoms. The first-order valence-corrected chi connectivity index (χ1v) is 5.28. The maximum Gasteiger partial charge on any atom is 0.0874 e. The summed E-state index contributed by atoms with van der Waals surface area (Å²) in [5.74, 6) is 0. The highest BCUT2D eigenvalue weighted by Crippen LogP contribution is 2.13. The zero-order chi connectivity index (χ0) is 10.5. The second-order valence-electron chi connectivity index (χ2n) is 3.73. The quantitative estimate of drug-likeness (QED) is 0.747. The minimum absolute atomic E-state index is 0.916. The van der Waals surface area contributed by atoms with Crippen LogP contribution in [0.2, 0.25) is 0 Å². The van der Waals surface area contributed by atoms with Gasteiger partial charge >= 0.3 is 0 Å². The van der Waals surface area contributed by atoms with E-state index in [1.54, 1.807) is 0 Å². The number of nitrogens with one attached hydrogen (secondary N) is 1.